The summed E-state index contributed by atoms with van der Waals surface area (Å²) < 4.78 is 24.2. The molecule has 0 aromatic heterocycles. The minimum atomic E-state index is -0.356. The second-order valence-electron chi connectivity index (χ2n) is 5.31. The van der Waals surface area contributed by atoms with Crippen molar-refractivity contribution in [3.8, 4) is 5.75 Å². The van der Waals surface area contributed by atoms with Gasteiger partial charge in [-0.05, 0) is 26.0 Å². The number of anilines is 1. The van der Waals surface area contributed by atoms with Crippen molar-refractivity contribution in [1.29, 1.82) is 0 Å². The lowest BCUT2D eigenvalue weighted by Gasteiger charge is -2.35. The van der Waals surface area contributed by atoms with Gasteiger partial charge < -0.3 is 14.8 Å². The Hall–Kier alpha value is -1.33. The molecule has 1 aromatic rings. The number of ether oxygens (including phenoxy) is 2. The highest BCUT2D eigenvalue weighted by Crippen LogP contribution is 2.20. The van der Waals surface area contributed by atoms with Crippen molar-refractivity contribution in [2.45, 2.75) is 26.0 Å². The lowest BCUT2D eigenvalue weighted by Crippen LogP contribution is -2.48. The molecule has 1 fully saturated rings. The van der Waals surface area contributed by atoms with Crippen LogP contribution in [0.1, 0.15) is 13.8 Å². The molecule has 0 bridgehead atoms. The third-order valence-corrected chi connectivity index (χ3v) is 3.59. The molecule has 20 heavy (non-hydrogen) atoms. The average molecular weight is 282 g/mol. The van der Waals surface area contributed by atoms with Gasteiger partial charge in [0.25, 0.3) is 0 Å². The third kappa shape index (κ3) is 3.84. The van der Waals surface area contributed by atoms with E-state index in [2.05, 4.69) is 24.1 Å². The minimum Gasteiger partial charge on any atom is -0.494 e. The Kier molecular flexibility index (Phi) is 5.20. The van der Waals surface area contributed by atoms with Gasteiger partial charge in [0.2, 0.25) is 0 Å². The highest BCUT2D eigenvalue weighted by Gasteiger charge is 2.21. The van der Waals surface area contributed by atoms with Gasteiger partial charge in [-0.3, -0.25) is 4.90 Å². The SMILES string of the molecule is COc1ccc(NCC2CN(C(C)C)CCO2)cc1F. The number of hydrogen-bond donors (Lipinski definition) is 1. The average Bonchev–Trinajstić information content (AvgIpc) is 2.45. The van der Waals surface area contributed by atoms with Crippen molar-refractivity contribution in [3.05, 3.63) is 24.0 Å². The number of morpholine rings is 1. The first-order valence-corrected chi connectivity index (χ1v) is 7.03. The zero-order valence-electron chi connectivity index (χ0n) is 12.4. The molecule has 1 unspecified atom stereocenters. The quantitative estimate of drug-likeness (QED) is 0.899. The van der Waals surface area contributed by atoms with E-state index in [1.54, 1.807) is 6.07 Å². The van der Waals surface area contributed by atoms with Crippen LogP contribution >= 0.6 is 0 Å². The molecule has 0 radical (unpaired) electrons. The smallest absolute Gasteiger partial charge is 0.167 e. The van der Waals surface area contributed by atoms with E-state index in [4.69, 9.17) is 9.47 Å². The summed E-state index contributed by atoms with van der Waals surface area (Å²) in [6, 6.07) is 5.41. The summed E-state index contributed by atoms with van der Waals surface area (Å²) in [7, 11) is 1.46. The van der Waals surface area contributed by atoms with Crippen molar-refractivity contribution >= 4 is 5.69 Å². The van der Waals surface area contributed by atoms with Crippen LogP contribution in [0.15, 0.2) is 18.2 Å². The van der Waals surface area contributed by atoms with Gasteiger partial charge in [0.05, 0.1) is 19.8 Å². The fraction of sp³-hybridized carbons (Fsp3) is 0.600. The summed E-state index contributed by atoms with van der Waals surface area (Å²) in [5.41, 5.74) is 0.744. The van der Waals surface area contributed by atoms with Crippen molar-refractivity contribution in [1.82, 2.24) is 4.90 Å². The molecule has 4 nitrogen and oxygen atoms in total. The van der Waals surface area contributed by atoms with E-state index in [0.717, 1.165) is 25.4 Å². The van der Waals surface area contributed by atoms with Gasteiger partial charge in [-0.1, -0.05) is 0 Å². The molecule has 112 valence electrons. The molecule has 0 amide bonds. The number of nitrogens with zero attached hydrogens (tertiary/aromatic N) is 1. The molecular weight excluding hydrogens is 259 g/mol. The van der Waals surface area contributed by atoms with Gasteiger partial charge in [0.1, 0.15) is 0 Å². The summed E-state index contributed by atoms with van der Waals surface area (Å²) >= 11 is 0. The van der Waals surface area contributed by atoms with E-state index in [1.807, 2.05) is 6.07 Å². The van der Waals surface area contributed by atoms with Crippen molar-refractivity contribution in [2.24, 2.45) is 0 Å². The van der Waals surface area contributed by atoms with E-state index < -0.39 is 0 Å². The maximum Gasteiger partial charge on any atom is 0.167 e. The minimum absolute atomic E-state index is 0.135. The first-order chi connectivity index (χ1) is 9.60. The third-order valence-electron chi connectivity index (χ3n) is 3.59. The van der Waals surface area contributed by atoms with Gasteiger partial charge in [-0.25, -0.2) is 4.39 Å². The molecule has 1 atom stereocenters. The lowest BCUT2D eigenvalue weighted by molar-refractivity contribution is -0.0315. The molecule has 1 saturated heterocycles. The van der Waals surface area contributed by atoms with E-state index in [0.29, 0.717) is 12.6 Å². The number of nitrogens with one attached hydrogen (secondary N) is 1. The Labute approximate surface area is 119 Å². The Balaban J connectivity index is 1.87. The highest BCUT2D eigenvalue weighted by molar-refractivity contribution is 5.47. The first-order valence-electron chi connectivity index (χ1n) is 7.03. The molecule has 0 aliphatic carbocycles. The molecule has 0 saturated carbocycles. The molecule has 1 heterocycles. The Morgan fingerprint density at radius 2 is 2.30 bits per heavy atom. The van der Waals surface area contributed by atoms with Gasteiger partial charge in [-0.15, -0.1) is 0 Å². The predicted molar refractivity (Wildman–Crippen MR) is 77.9 cm³/mol. The van der Waals surface area contributed by atoms with Crippen LogP contribution in [0.4, 0.5) is 10.1 Å². The van der Waals surface area contributed by atoms with Crippen molar-refractivity contribution < 1.29 is 13.9 Å². The van der Waals surface area contributed by atoms with E-state index in [1.165, 1.54) is 13.2 Å². The maximum atomic E-state index is 13.6. The van der Waals surface area contributed by atoms with Crippen LogP contribution < -0.4 is 10.1 Å². The number of halogens is 1. The molecule has 0 spiro atoms. The number of hydrogen-bond acceptors (Lipinski definition) is 4. The summed E-state index contributed by atoms with van der Waals surface area (Å²) in [5, 5.41) is 3.22. The lowest BCUT2D eigenvalue weighted by atomic mass is 10.2. The van der Waals surface area contributed by atoms with Crippen LogP contribution in [-0.2, 0) is 4.74 Å². The van der Waals surface area contributed by atoms with Crippen LogP contribution in [0.2, 0.25) is 0 Å². The number of methoxy groups -OCH3 is 1. The van der Waals surface area contributed by atoms with Crippen LogP contribution in [-0.4, -0.2) is 50.4 Å². The van der Waals surface area contributed by atoms with Crippen molar-refractivity contribution in [2.75, 3.05) is 38.7 Å². The fourth-order valence-electron chi connectivity index (χ4n) is 2.34. The zero-order chi connectivity index (χ0) is 14.5. The summed E-state index contributed by atoms with van der Waals surface area (Å²) in [6.07, 6.45) is 0.135. The van der Waals surface area contributed by atoms with Crippen LogP contribution in [0.25, 0.3) is 0 Å². The molecule has 1 aliphatic rings. The summed E-state index contributed by atoms with van der Waals surface area (Å²) in [4.78, 5) is 2.39. The Bertz CT molecular complexity index is 440. The van der Waals surface area contributed by atoms with E-state index in [-0.39, 0.29) is 17.7 Å². The Morgan fingerprint density at radius 1 is 1.50 bits per heavy atom. The van der Waals surface area contributed by atoms with Crippen LogP contribution in [0, 0.1) is 5.82 Å². The normalized spacial score (nSPS) is 20.1. The monoisotopic (exact) mass is 282 g/mol. The number of rotatable bonds is 5. The van der Waals surface area contributed by atoms with Gasteiger partial charge in [0.15, 0.2) is 11.6 Å². The zero-order valence-corrected chi connectivity index (χ0v) is 12.4. The first kappa shape index (κ1) is 15.1. The van der Waals surface area contributed by atoms with Crippen LogP contribution in [0.5, 0.6) is 5.75 Å². The molecule has 2 rings (SSSR count). The molecule has 1 N–H and O–H groups in total. The molecule has 1 aromatic carbocycles. The molecule has 1 aliphatic heterocycles. The summed E-state index contributed by atoms with van der Waals surface area (Å²) in [6.45, 7) is 7.69. The molecular formula is C15H23FN2O2. The topological polar surface area (TPSA) is 33.7 Å². The molecule has 5 heteroatoms. The predicted octanol–water partition coefficient (Wildman–Crippen LogP) is 2.36. The number of benzene rings is 1. The maximum absolute atomic E-state index is 13.6. The van der Waals surface area contributed by atoms with Gasteiger partial charge in [0, 0.05) is 37.4 Å². The van der Waals surface area contributed by atoms with Gasteiger partial charge in [-0.2, -0.15) is 0 Å². The second kappa shape index (κ2) is 6.90. The van der Waals surface area contributed by atoms with Crippen LogP contribution in [0.3, 0.4) is 0 Å². The summed E-state index contributed by atoms with van der Waals surface area (Å²) in [5.74, 6) is -0.0960. The van der Waals surface area contributed by atoms with E-state index in [9.17, 15) is 4.39 Å². The van der Waals surface area contributed by atoms with E-state index >= 15 is 0 Å². The highest BCUT2D eigenvalue weighted by atomic mass is 19.1. The largest absolute Gasteiger partial charge is 0.494 e. The standard InChI is InChI=1S/C15H23FN2O2/c1-11(2)18-6-7-20-13(10-18)9-17-12-4-5-15(19-3)14(16)8-12/h4-5,8,11,13,17H,6-7,9-10H2,1-3H3. The second-order valence-corrected chi connectivity index (χ2v) is 5.31. The Morgan fingerprint density at radius 3 is 2.95 bits per heavy atom. The van der Waals surface area contributed by atoms with Gasteiger partial charge >= 0.3 is 0 Å². The fourth-order valence-corrected chi connectivity index (χ4v) is 2.34. The van der Waals surface area contributed by atoms with Crippen molar-refractivity contribution in [3.63, 3.8) is 0 Å².